The van der Waals surface area contributed by atoms with Crippen LogP contribution in [0.2, 0.25) is 5.02 Å². The van der Waals surface area contributed by atoms with Gasteiger partial charge >= 0.3 is 0 Å². The van der Waals surface area contributed by atoms with Crippen LogP contribution >= 0.6 is 23.4 Å². The van der Waals surface area contributed by atoms with Crippen molar-refractivity contribution in [1.82, 2.24) is 0 Å². The molecule has 0 aliphatic heterocycles. The summed E-state index contributed by atoms with van der Waals surface area (Å²) in [5, 5.41) is 0.815. The third-order valence-corrected chi connectivity index (χ3v) is 3.56. The second-order valence-electron chi connectivity index (χ2n) is 3.76. The van der Waals surface area contributed by atoms with Gasteiger partial charge in [0.2, 0.25) is 0 Å². The van der Waals surface area contributed by atoms with E-state index in [1.165, 1.54) is 0 Å². The zero-order chi connectivity index (χ0) is 10.6. The molecule has 0 heterocycles. The molecule has 2 N–H and O–H groups in total. The largest absolute Gasteiger partial charge is 0.399 e. The Morgan fingerprint density at radius 1 is 1.43 bits per heavy atom. The van der Waals surface area contributed by atoms with Crippen LogP contribution in [0.25, 0.3) is 0 Å². The third kappa shape index (κ3) is 3.81. The molecule has 0 fully saturated rings. The summed E-state index contributed by atoms with van der Waals surface area (Å²) in [5.41, 5.74) is 7.61. The number of rotatable bonds is 4. The van der Waals surface area contributed by atoms with Crippen LogP contribution in [0.1, 0.15) is 19.4 Å². The van der Waals surface area contributed by atoms with Gasteiger partial charge in [-0.2, -0.15) is 11.8 Å². The quantitative estimate of drug-likeness (QED) is 0.795. The summed E-state index contributed by atoms with van der Waals surface area (Å²) in [7, 11) is 0. The van der Waals surface area contributed by atoms with Crippen molar-refractivity contribution in [3.63, 3.8) is 0 Å². The van der Waals surface area contributed by atoms with E-state index in [9.17, 15) is 0 Å². The predicted octanol–water partition coefficient (Wildman–Crippen LogP) is 3.81. The Morgan fingerprint density at radius 3 is 2.79 bits per heavy atom. The van der Waals surface area contributed by atoms with Crippen LogP contribution in [0.4, 0.5) is 5.69 Å². The van der Waals surface area contributed by atoms with E-state index >= 15 is 0 Å². The number of nitrogen functional groups attached to an aromatic ring is 1. The normalized spacial score (nSPS) is 10.9. The molecule has 0 spiro atoms. The molecule has 0 aromatic heterocycles. The number of halogens is 1. The highest BCUT2D eigenvalue weighted by Gasteiger charge is 2.01. The van der Waals surface area contributed by atoms with Crippen molar-refractivity contribution in [3.8, 4) is 0 Å². The maximum atomic E-state index is 6.04. The van der Waals surface area contributed by atoms with Crippen LogP contribution in [0.3, 0.4) is 0 Å². The lowest BCUT2D eigenvalue weighted by atomic mass is 10.2. The Morgan fingerprint density at radius 2 is 2.14 bits per heavy atom. The van der Waals surface area contributed by atoms with E-state index in [1.807, 2.05) is 30.0 Å². The lowest BCUT2D eigenvalue weighted by Crippen LogP contribution is -1.93. The first-order valence-corrected chi connectivity index (χ1v) is 6.24. The second kappa shape index (κ2) is 5.52. The number of benzene rings is 1. The van der Waals surface area contributed by atoms with Crippen molar-refractivity contribution < 1.29 is 0 Å². The number of thioether (sulfide) groups is 1. The highest BCUT2D eigenvalue weighted by Crippen LogP contribution is 2.24. The summed E-state index contributed by atoms with van der Waals surface area (Å²) in [6.45, 7) is 4.43. The zero-order valence-electron chi connectivity index (χ0n) is 8.59. The van der Waals surface area contributed by atoms with Crippen molar-refractivity contribution in [3.05, 3.63) is 28.8 Å². The fraction of sp³-hybridized carbons (Fsp3) is 0.455. The summed E-state index contributed by atoms with van der Waals surface area (Å²) in [5.74, 6) is 2.83. The first-order valence-electron chi connectivity index (χ1n) is 4.71. The van der Waals surface area contributed by atoms with E-state index in [-0.39, 0.29) is 0 Å². The van der Waals surface area contributed by atoms with Crippen molar-refractivity contribution in [2.75, 3.05) is 11.5 Å². The number of nitrogens with two attached hydrogens (primary N) is 1. The number of hydrogen-bond acceptors (Lipinski definition) is 2. The fourth-order valence-corrected chi connectivity index (χ4v) is 2.42. The molecule has 14 heavy (non-hydrogen) atoms. The molecular formula is C11H16ClNS. The summed E-state index contributed by atoms with van der Waals surface area (Å²) in [4.78, 5) is 0. The van der Waals surface area contributed by atoms with Crippen molar-refractivity contribution in [1.29, 1.82) is 0 Å². The molecule has 0 saturated carbocycles. The highest BCUT2D eigenvalue weighted by molar-refractivity contribution is 7.98. The first kappa shape index (κ1) is 11.7. The molecule has 0 unspecified atom stereocenters. The first-order chi connectivity index (χ1) is 6.59. The lowest BCUT2D eigenvalue weighted by molar-refractivity contribution is 0.750. The SMILES string of the molecule is CC(C)CSCc1cc(N)ccc1Cl. The third-order valence-electron chi connectivity index (χ3n) is 1.78. The van der Waals surface area contributed by atoms with Gasteiger partial charge in [0.05, 0.1) is 0 Å². The van der Waals surface area contributed by atoms with Gasteiger partial charge < -0.3 is 5.73 Å². The molecule has 1 rings (SSSR count). The fourth-order valence-electron chi connectivity index (χ4n) is 1.11. The monoisotopic (exact) mass is 229 g/mol. The standard InChI is InChI=1S/C11H16ClNS/c1-8(2)6-14-7-9-5-10(13)3-4-11(9)12/h3-5,8H,6-7,13H2,1-2H3. The second-order valence-corrected chi connectivity index (χ2v) is 5.20. The van der Waals surface area contributed by atoms with E-state index < -0.39 is 0 Å². The molecule has 78 valence electrons. The molecule has 1 aromatic rings. The van der Waals surface area contributed by atoms with Gasteiger partial charge in [-0.05, 0) is 35.4 Å². The summed E-state index contributed by atoms with van der Waals surface area (Å²) >= 11 is 7.94. The number of anilines is 1. The topological polar surface area (TPSA) is 26.0 Å². The van der Waals surface area contributed by atoms with Crippen molar-refractivity contribution in [2.45, 2.75) is 19.6 Å². The minimum absolute atomic E-state index is 0.722. The van der Waals surface area contributed by atoms with Crippen molar-refractivity contribution in [2.24, 2.45) is 5.92 Å². The van der Waals surface area contributed by atoms with Gasteiger partial charge in [0.15, 0.2) is 0 Å². The molecule has 1 aromatic carbocycles. The molecule has 0 atom stereocenters. The summed E-state index contributed by atoms with van der Waals surface area (Å²) < 4.78 is 0. The maximum absolute atomic E-state index is 6.04. The minimum Gasteiger partial charge on any atom is -0.399 e. The minimum atomic E-state index is 0.722. The molecule has 3 heteroatoms. The molecule has 1 nitrogen and oxygen atoms in total. The van der Waals surface area contributed by atoms with E-state index in [2.05, 4.69) is 13.8 Å². The molecule has 0 bridgehead atoms. The smallest absolute Gasteiger partial charge is 0.0447 e. The Bertz CT molecular complexity index is 299. The molecule has 0 radical (unpaired) electrons. The van der Waals surface area contributed by atoms with Crippen LogP contribution in [0.15, 0.2) is 18.2 Å². The molecule has 0 aliphatic carbocycles. The Kier molecular flexibility index (Phi) is 4.63. The van der Waals surface area contributed by atoms with Gasteiger partial charge in [-0.3, -0.25) is 0 Å². The highest BCUT2D eigenvalue weighted by atomic mass is 35.5. The van der Waals surface area contributed by atoms with Gasteiger partial charge in [-0.15, -0.1) is 0 Å². The lowest BCUT2D eigenvalue weighted by Gasteiger charge is -2.07. The van der Waals surface area contributed by atoms with E-state index in [0.29, 0.717) is 0 Å². The average Bonchev–Trinajstić information content (AvgIpc) is 2.10. The van der Waals surface area contributed by atoms with Gasteiger partial charge in [-0.25, -0.2) is 0 Å². The van der Waals surface area contributed by atoms with Crippen LogP contribution in [0.5, 0.6) is 0 Å². The molecule has 0 aliphatic rings. The molecule has 0 amide bonds. The van der Waals surface area contributed by atoms with Crippen molar-refractivity contribution >= 4 is 29.1 Å². The van der Waals surface area contributed by atoms with E-state index in [1.54, 1.807) is 0 Å². The Labute approximate surface area is 95.0 Å². The van der Waals surface area contributed by atoms with E-state index in [0.717, 1.165) is 33.7 Å². The van der Waals surface area contributed by atoms with Crippen LogP contribution in [-0.4, -0.2) is 5.75 Å². The van der Waals surface area contributed by atoms with Gasteiger partial charge in [0.1, 0.15) is 0 Å². The Balaban J connectivity index is 2.53. The van der Waals surface area contributed by atoms with Gasteiger partial charge in [-0.1, -0.05) is 25.4 Å². The Hall–Kier alpha value is -0.340. The maximum Gasteiger partial charge on any atom is 0.0447 e. The zero-order valence-corrected chi connectivity index (χ0v) is 10.2. The molecular weight excluding hydrogens is 214 g/mol. The number of hydrogen-bond donors (Lipinski definition) is 1. The van der Waals surface area contributed by atoms with Gasteiger partial charge in [0, 0.05) is 16.5 Å². The van der Waals surface area contributed by atoms with Gasteiger partial charge in [0.25, 0.3) is 0 Å². The van der Waals surface area contributed by atoms with Crippen LogP contribution in [0, 0.1) is 5.92 Å². The van der Waals surface area contributed by atoms with Crippen LogP contribution in [-0.2, 0) is 5.75 Å². The molecule has 0 saturated heterocycles. The van der Waals surface area contributed by atoms with E-state index in [4.69, 9.17) is 17.3 Å². The summed E-state index contributed by atoms with van der Waals surface area (Å²) in [6, 6.07) is 5.65. The average molecular weight is 230 g/mol. The summed E-state index contributed by atoms with van der Waals surface area (Å²) in [6.07, 6.45) is 0. The van der Waals surface area contributed by atoms with Crippen LogP contribution < -0.4 is 5.73 Å². The predicted molar refractivity (Wildman–Crippen MR) is 66.9 cm³/mol.